The van der Waals surface area contributed by atoms with Gasteiger partial charge in [0, 0.05) is 5.69 Å². The molecule has 0 aliphatic carbocycles. The highest BCUT2D eigenvalue weighted by atomic mass is 16.4. The van der Waals surface area contributed by atoms with Crippen LogP contribution in [0.1, 0.15) is 54.3 Å². The standard InChI is InChI=1S/C27H22N4O6/c32-23(30-24(33)22-7-4-12-28-22)20-14-17(9-11-21(20)29-16-5-2-1-3-6-16)31-25(34)18-10-8-15(27(36)37)13-19(18)26(31)35/h1-3,5-6,8-11,13-14,22,28-29H,4,7,12H2,(H,36,37)(H,30,32,33). The fourth-order valence-corrected chi connectivity index (χ4v) is 4.43. The molecule has 4 amide bonds. The molecule has 37 heavy (non-hydrogen) atoms. The number of nitrogens with zero attached hydrogens (tertiary/aromatic N) is 1. The number of amides is 4. The van der Waals surface area contributed by atoms with E-state index in [1.165, 1.54) is 24.3 Å². The van der Waals surface area contributed by atoms with E-state index in [1.807, 2.05) is 18.2 Å². The van der Waals surface area contributed by atoms with Crippen LogP contribution in [-0.2, 0) is 4.79 Å². The summed E-state index contributed by atoms with van der Waals surface area (Å²) in [4.78, 5) is 64.3. The third kappa shape index (κ3) is 4.57. The number of carbonyl (C=O) groups is 5. The van der Waals surface area contributed by atoms with E-state index in [4.69, 9.17) is 0 Å². The first-order chi connectivity index (χ1) is 17.8. The van der Waals surface area contributed by atoms with Gasteiger partial charge < -0.3 is 15.7 Å². The van der Waals surface area contributed by atoms with Crippen LogP contribution in [0.4, 0.5) is 17.1 Å². The molecule has 4 N–H and O–H groups in total. The largest absolute Gasteiger partial charge is 0.478 e. The Balaban J connectivity index is 1.50. The first-order valence-corrected chi connectivity index (χ1v) is 11.6. The van der Waals surface area contributed by atoms with E-state index in [0.29, 0.717) is 24.3 Å². The minimum Gasteiger partial charge on any atom is -0.478 e. The second-order valence-electron chi connectivity index (χ2n) is 8.70. The molecule has 1 atom stereocenters. The molecule has 0 bridgehead atoms. The van der Waals surface area contributed by atoms with Gasteiger partial charge in [0.15, 0.2) is 0 Å². The van der Waals surface area contributed by atoms with Crippen molar-refractivity contribution in [2.24, 2.45) is 0 Å². The second-order valence-corrected chi connectivity index (χ2v) is 8.70. The fourth-order valence-electron chi connectivity index (χ4n) is 4.43. The van der Waals surface area contributed by atoms with Crippen molar-refractivity contribution < 1.29 is 29.1 Å². The predicted molar refractivity (Wildman–Crippen MR) is 134 cm³/mol. The van der Waals surface area contributed by atoms with Crippen LogP contribution in [0.5, 0.6) is 0 Å². The predicted octanol–water partition coefficient (Wildman–Crippen LogP) is 2.94. The van der Waals surface area contributed by atoms with Crippen molar-refractivity contribution in [3.63, 3.8) is 0 Å². The third-order valence-corrected chi connectivity index (χ3v) is 6.31. The van der Waals surface area contributed by atoms with Crippen molar-refractivity contribution in [2.45, 2.75) is 18.9 Å². The van der Waals surface area contributed by atoms with Crippen LogP contribution in [0.15, 0.2) is 66.7 Å². The number of para-hydroxylation sites is 1. The molecule has 1 unspecified atom stereocenters. The number of imide groups is 2. The molecule has 3 aromatic carbocycles. The number of nitrogens with one attached hydrogen (secondary N) is 3. The summed E-state index contributed by atoms with van der Waals surface area (Å²) in [5.74, 6) is -3.72. The van der Waals surface area contributed by atoms with Gasteiger partial charge in [-0.3, -0.25) is 24.5 Å². The summed E-state index contributed by atoms with van der Waals surface area (Å²) in [6.45, 7) is 0.686. The number of carbonyl (C=O) groups excluding carboxylic acids is 4. The molecule has 2 aliphatic rings. The molecule has 0 aromatic heterocycles. The summed E-state index contributed by atoms with van der Waals surface area (Å²) >= 11 is 0. The minimum absolute atomic E-state index is 0.0372. The lowest BCUT2D eigenvalue weighted by molar-refractivity contribution is -0.121. The van der Waals surface area contributed by atoms with Gasteiger partial charge in [-0.25, -0.2) is 9.69 Å². The van der Waals surface area contributed by atoms with Crippen LogP contribution in [0.25, 0.3) is 0 Å². The number of hydrogen-bond acceptors (Lipinski definition) is 7. The maximum Gasteiger partial charge on any atom is 0.335 e. The van der Waals surface area contributed by atoms with Gasteiger partial charge in [-0.1, -0.05) is 18.2 Å². The normalized spacial score (nSPS) is 16.4. The van der Waals surface area contributed by atoms with Gasteiger partial charge in [0.2, 0.25) is 5.91 Å². The van der Waals surface area contributed by atoms with Crippen molar-refractivity contribution in [2.75, 3.05) is 16.8 Å². The van der Waals surface area contributed by atoms with Gasteiger partial charge in [-0.05, 0) is 67.9 Å². The van der Waals surface area contributed by atoms with E-state index >= 15 is 0 Å². The molecule has 10 nitrogen and oxygen atoms in total. The lowest BCUT2D eigenvalue weighted by atomic mass is 10.1. The van der Waals surface area contributed by atoms with Gasteiger partial charge in [0.05, 0.1) is 39.7 Å². The molecule has 3 aromatic rings. The first-order valence-electron chi connectivity index (χ1n) is 11.6. The second kappa shape index (κ2) is 9.67. The van der Waals surface area contributed by atoms with Gasteiger partial charge in [-0.15, -0.1) is 0 Å². The molecule has 2 aliphatic heterocycles. The van der Waals surface area contributed by atoms with E-state index in [-0.39, 0.29) is 27.9 Å². The van der Waals surface area contributed by atoms with Crippen molar-refractivity contribution in [1.29, 1.82) is 0 Å². The molecule has 1 saturated heterocycles. The Morgan fingerprint density at radius 2 is 1.68 bits per heavy atom. The highest BCUT2D eigenvalue weighted by molar-refractivity contribution is 6.35. The molecule has 2 heterocycles. The van der Waals surface area contributed by atoms with E-state index < -0.39 is 35.6 Å². The number of carboxylic acids is 1. The Bertz CT molecular complexity index is 1450. The molecular weight excluding hydrogens is 476 g/mol. The fraction of sp³-hybridized carbons (Fsp3) is 0.148. The molecule has 186 valence electrons. The van der Waals surface area contributed by atoms with Crippen LogP contribution in [0.2, 0.25) is 0 Å². The summed E-state index contributed by atoms with van der Waals surface area (Å²) in [6, 6.07) is 16.7. The number of anilines is 3. The number of hydrogen-bond donors (Lipinski definition) is 4. The van der Waals surface area contributed by atoms with Crippen LogP contribution in [0.3, 0.4) is 0 Å². The first kappa shape index (κ1) is 23.9. The van der Waals surface area contributed by atoms with Crippen molar-refractivity contribution in [1.82, 2.24) is 10.6 Å². The Morgan fingerprint density at radius 3 is 2.38 bits per heavy atom. The Hall–Kier alpha value is -4.83. The lowest BCUT2D eigenvalue weighted by Gasteiger charge is -2.18. The molecule has 0 spiro atoms. The summed E-state index contributed by atoms with van der Waals surface area (Å²) < 4.78 is 0. The maximum absolute atomic E-state index is 13.2. The van der Waals surface area contributed by atoms with Crippen molar-refractivity contribution >= 4 is 46.7 Å². The topological polar surface area (TPSA) is 145 Å². The van der Waals surface area contributed by atoms with Crippen molar-refractivity contribution in [3.05, 3.63) is 89.0 Å². The van der Waals surface area contributed by atoms with Gasteiger partial charge in [0.25, 0.3) is 17.7 Å². The zero-order valence-electron chi connectivity index (χ0n) is 19.5. The third-order valence-electron chi connectivity index (χ3n) is 6.31. The molecular formula is C27H22N4O6. The average Bonchev–Trinajstić information content (AvgIpc) is 3.52. The van der Waals surface area contributed by atoms with E-state index in [9.17, 15) is 29.1 Å². The highest BCUT2D eigenvalue weighted by Gasteiger charge is 2.38. The molecule has 0 saturated carbocycles. The molecule has 1 fully saturated rings. The van der Waals surface area contributed by atoms with Gasteiger partial charge in [-0.2, -0.15) is 0 Å². The van der Waals surface area contributed by atoms with Crippen molar-refractivity contribution in [3.8, 4) is 0 Å². The van der Waals surface area contributed by atoms with E-state index in [0.717, 1.165) is 17.4 Å². The quantitative estimate of drug-likeness (QED) is 0.380. The molecule has 10 heteroatoms. The van der Waals surface area contributed by atoms with Gasteiger partial charge in [0.1, 0.15) is 0 Å². The molecule has 0 radical (unpaired) electrons. The monoisotopic (exact) mass is 498 g/mol. The number of benzene rings is 3. The zero-order valence-corrected chi connectivity index (χ0v) is 19.5. The average molecular weight is 498 g/mol. The van der Waals surface area contributed by atoms with Crippen LogP contribution in [0, 0.1) is 0 Å². The van der Waals surface area contributed by atoms with Crippen LogP contribution < -0.4 is 20.9 Å². The minimum atomic E-state index is -1.22. The van der Waals surface area contributed by atoms with Crippen LogP contribution in [-0.4, -0.2) is 47.3 Å². The van der Waals surface area contributed by atoms with Crippen LogP contribution >= 0.6 is 0 Å². The Labute approximate surface area is 211 Å². The zero-order chi connectivity index (χ0) is 26.1. The summed E-state index contributed by atoms with van der Waals surface area (Å²) in [7, 11) is 0. The summed E-state index contributed by atoms with van der Waals surface area (Å²) in [6.07, 6.45) is 1.44. The number of rotatable bonds is 6. The Morgan fingerprint density at radius 1 is 0.919 bits per heavy atom. The smallest absolute Gasteiger partial charge is 0.335 e. The lowest BCUT2D eigenvalue weighted by Crippen LogP contribution is -2.43. The van der Waals surface area contributed by atoms with E-state index in [2.05, 4.69) is 16.0 Å². The summed E-state index contributed by atoms with van der Waals surface area (Å²) in [5.41, 5.74) is 1.12. The molecule has 5 rings (SSSR count). The Kier molecular flexibility index (Phi) is 6.24. The maximum atomic E-state index is 13.2. The SMILES string of the molecule is O=C(O)c1ccc2c(c1)C(=O)N(c1ccc(Nc3ccccc3)c(C(=O)NC(=O)C3CCCN3)c1)C2=O. The highest BCUT2D eigenvalue weighted by Crippen LogP contribution is 2.32. The summed E-state index contributed by atoms with van der Waals surface area (Å²) in [5, 5.41) is 17.8. The van der Waals surface area contributed by atoms with Gasteiger partial charge >= 0.3 is 5.97 Å². The van der Waals surface area contributed by atoms with E-state index in [1.54, 1.807) is 18.2 Å². The number of aromatic carboxylic acids is 1. The number of fused-ring (bicyclic) bond motifs is 1. The number of carboxylic acid groups (broad SMARTS) is 1.